The number of amides is 4. The molecule has 4 amide bonds. The number of fused-ring (bicyclic) bond motifs is 1. The summed E-state index contributed by atoms with van der Waals surface area (Å²) in [5.74, 6) is -1.05. The molecule has 7 heteroatoms. The molecular weight excluding hydrogens is 490 g/mol. The van der Waals surface area contributed by atoms with Gasteiger partial charge in [0.2, 0.25) is 11.8 Å². The van der Waals surface area contributed by atoms with Gasteiger partial charge in [-0.3, -0.25) is 24.1 Å². The molecule has 0 spiro atoms. The molecule has 0 saturated heterocycles. The van der Waals surface area contributed by atoms with Crippen molar-refractivity contribution in [2.45, 2.75) is 52.1 Å². The topological polar surface area (TPSA) is 86.8 Å². The van der Waals surface area contributed by atoms with Crippen molar-refractivity contribution < 1.29 is 19.2 Å². The van der Waals surface area contributed by atoms with E-state index in [-0.39, 0.29) is 43.1 Å². The maximum absolute atomic E-state index is 13.8. The van der Waals surface area contributed by atoms with Crippen LogP contribution in [-0.2, 0) is 22.6 Å². The van der Waals surface area contributed by atoms with E-state index in [1.807, 2.05) is 68.4 Å². The van der Waals surface area contributed by atoms with Crippen molar-refractivity contribution in [1.82, 2.24) is 15.1 Å². The lowest BCUT2D eigenvalue weighted by molar-refractivity contribution is -0.141. The summed E-state index contributed by atoms with van der Waals surface area (Å²) in [6.07, 6.45) is 1.58. The van der Waals surface area contributed by atoms with Crippen molar-refractivity contribution in [3.8, 4) is 0 Å². The number of carbonyl (C=O) groups is 4. The minimum Gasteiger partial charge on any atom is -0.354 e. The first-order chi connectivity index (χ1) is 18.9. The molecular formula is C32H35N3O4. The molecule has 0 aliphatic carbocycles. The highest BCUT2D eigenvalue weighted by atomic mass is 16.2. The van der Waals surface area contributed by atoms with Crippen LogP contribution in [0.15, 0.2) is 78.9 Å². The quantitative estimate of drug-likeness (QED) is 0.352. The number of hydrogen-bond acceptors (Lipinski definition) is 4. The van der Waals surface area contributed by atoms with E-state index in [2.05, 4.69) is 5.32 Å². The Balaban J connectivity index is 1.53. The lowest BCUT2D eigenvalue weighted by Crippen LogP contribution is -2.50. The molecule has 1 aliphatic heterocycles. The van der Waals surface area contributed by atoms with Crippen molar-refractivity contribution in [1.29, 1.82) is 0 Å². The van der Waals surface area contributed by atoms with Crippen LogP contribution < -0.4 is 5.32 Å². The fourth-order valence-electron chi connectivity index (χ4n) is 4.90. The first kappa shape index (κ1) is 27.8. The van der Waals surface area contributed by atoms with Gasteiger partial charge in [-0.25, -0.2) is 0 Å². The predicted molar refractivity (Wildman–Crippen MR) is 150 cm³/mol. The summed E-state index contributed by atoms with van der Waals surface area (Å²) in [6, 6.07) is 23.6. The molecule has 4 rings (SSSR count). The number of nitrogens with zero attached hydrogens (tertiary/aromatic N) is 2. The molecule has 39 heavy (non-hydrogen) atoms. The molecule has 7 nitrogen and oxygen atoms in total. The van der Waals surface area contributed by atoms with E-state index < -0.39 is 6.04 Å². The lowest BCUT2D eigenvalue weighted by Gasteiger charge is -2.32. The molecule has 202 valence electrons. The Morgan fingerprint density at radius 3 is 2.15 bits per heavy atom. The van der Waals surface area contributed by atoms with Crippen LogP contribution in [0.25, 0.3) is 0 Å². The van der Waals surface area contributed by atoms with Gasteiger partial charge in [-0.1, -0.05) is 79.2 Å². The van der Waals surface area contributed by atoms with E-state index in [0.29, 0.717) is 30.5 Å². The van der Waals surface area contributed by atoms with Gasteiger partial charge in [0.25, 0.3) is 11.8 Å². The normalized spacial score (nSPS) is 13.2. The van der Waals surface area contributed by atoms with Gasteiger partial charge >= 0.3 is 0 Å². The fraction of sp³-hybridized carbons (Fsp3) is 0.312. The van der Waals surface area contributed by atoms with Crippen molar-refractivity contribution in [3.63, 3.8) is 0 Å². The second-order valence-electron chi connectivity index (χ2n) is 9.92. The molecule has 1 aliphatic rings. The highest BCUT2D eigenvalue weighted by molar-refractivity contribution is 6.21. The molecule has 0 radical (unpaired) electrons. The van der Waals surface area contributed by atoms with E-state index in [1.165, 1.54) is 4.90 Å². The molecule has 3 aromatic carbocycles. The maximum atomic E-state index is 13.8. The zero-order valence-electron chi connectivity index (χ0n) is 22.6. The summed E-state index contributed by atoms with van der Waals surface area (Å²) in [4.78, 5) is 55.5. The number of imide groups is 1. The zero-order valence-corrected chi connectivity index (χ0v) is 22.6. The molecule has 0 fully saturated rings. The number of carbonyl (C=O) groups excluding carboxylic acids is 4. The van der Waals surface area contributed by atoms with Crippen LogP contribution in [0.5, 0.6) is 0 Å². The van der Waals surface area contributed by atoms with Crippen LogP contribution in [0.1, 0.15) is 63.6 Å². The van der Waals surface area contributed by atoms with Crippen LogP contribution >= 0.6 is 0 Å². The lowest BCUT2D eigenvalue weighted by atomic mass is 10.0. The minimum absolute atomic E-state index is 0.103. The second-order valence-corrected chi connectivity index (χ2v) is 9.92. The monoisotopic (exact) mass is 525 g/mol. The van der Waals surface area contributed by atoms with Gasteiger partial charge < -0.3 is 10.2 Å². The summed E-state index contributed by atoms with van der Waals surface area (Å²) in [5.41, 5.74) is 3.75. The van der Waals surface area contributed by atoms with Gasteiger partial charge in [0, 0.05) is 32.5 Å². The fourth-order valence-corrected chi connectivity index (χ4v) is 4.90. The van der Waals surface area contributed by atoms with Gasteiger partial charge in [0.1, 0.15) is 6.04 Å². The van der Waals surface area contributed by atoms with Crippen LogP contribution in [0, 0.1) is 6.92 Å². The summed E-state index contributed by atoms with van der Waals surface area (Å²) in [6.45, 7) is 4.93. The van der Waals surface area contributed by atoms with E-state index >= 15 is 0 Å². The van der Waals surface area contributed by atoms with E-state index in [9.17, 15) is 19.2 Å². The Bertz CT molecular complexity index is 1300. The summed E-state index contributed by atoms with van der Waals surface area (Å²) >= 11 is 0. The standard InChI is InChI=1S/C32H35N3O4/c1-3-18-33-30(37)28(21-24-12-5-4-6-13-24)35(22-25-14-9-11-23(2)20-25)29(36)17-10-19-34-31(38)26-15-7-8-16-27(26)32(34)39/h4-9,11-16,20,28H,3,10,17-19,21-22H2,1-2H3,(H,33,37)/t28-/m0/s1. The molecule has 0 bridgehead atoms. The van der Waals surface area contributed by atoms with E-state index in [4.69, 9.17) is 0 Å². The maximum Gasteiger partial charge on any atom is 0.261 e. The summed E-state index contributed by atoms with van der Waals surface area (Å²) in [5, 5.41) is 2.98. The number of nitrogens with one attached hydrogen (secondary N) is 1. The average molecular weight is 526 g/mol. The van der Waals surface area contributed by atoms with Crippen LogP contribution in [0.3, 0.4) is 0 Å². The minimum atomic E-state index is -0.703. The Labute approximate surface area is 229 Å². The number of benzene rings is 3. The van der Waals surface area contributed by atoms with Crippen LogP contribution in [-0.4, -0.2) is 52.6 Å². The van der Waals surface area contributed by atoms with Crippen LogP contribution in [0.2, 0.25) is 0 Å². The Hall–Kier alpha value is -4.26. The molecule has 1 heterocycles. The highest BCUT2D eigenvalue weighted by Crippen LogP contribution is 2.23. The number of aryl methyl sites for hydroxylation is 1. The largest absolute Gasteiger partial charge is 0.354 e. The van der Waals surface area contributed by atoms with Crippen molar-refractivity contribution in [3.05, 3.63) is 107 Å². The Kier molecular flexibility index (Phi) is 9.26. The summed E-state index contributed by atoms with van der Waals surface area (Å²) < 4.78 is 0. The van der Waals surface area contributed by atoms with E-state index in [1.54, 1.807) is 29.2 Å². The predicted octanol–water partition coefficient (Wildman–Crippen LogP) is 4.54. The van der Waals surface area contributed by atoms with E-state index in [0.717, 1.165) is 23.1 Å². The number of rotatable bonds is 12. The second kappa shape index (κ2) is 13.0. The third kappa shape index (κ3) is 6.79. The Morgan fingerprint density at radius 2 is 1.51 bits per heavy atom. The number of hydrogen-bond donors (Lipinski definition) is 1. The molecule has 0 unspecified atom stereocenters. The van der Waals surface area contributed by atoms with Crippen molar-refractivity contribution >= 4 is 23.6 Å². The third-order valence-corrected chi connectivity index (χ3v) is 6.91. The first-order valence-corrected chi connectivity index (χ1v) is 13.5. The van der Waals surface area contributed by atoms with Crippen molar-refractivity contribution in [2.75, 3.05) is 13.1 Å². The van der Waals surface area contributed by atoms with Crippen LogP contribution in [0.4, 0.5) is 0 Å². The molecule has 1 atom stereocenters. The third-order valence-electron chi connectivity index (χ3n) is 6.91. The molecule has 3 aromatic rings. The Morgan fingerprint density at radius 1 is 0.872 bits per heavy atom. The van der Waals surface area contributed by atoms with Crippen molar-refractivity contribution in [2.24, 2.45) is 0 Å². The molecule has 0 aromatic heterocycles. The summed E-state index contributed by atoms with van der Waals surface area (Å²) in [7, 11) is 0. The first-order valence-electron chi connectivity index (χ1n) is 13.5. The van der Waals surface area contributed by atoms with Gasteiger partial charge in [-0.05, 0) is 43.0 Å². The van der Waals surface area contributed by atoms with Gasteiger partial charge in [-0.15, -0.1) is 0 Å². The van der Waals surface area contributed by atoms with Gasteiger partial charge in [0.05, 0.1) is 11.1 Å². The van der Waals surface area contributed by atoms with Gasteiger partial charge in [-0.2, -0.15) is 0 Å². The molecule has 0 saturated carbocycles. The molecule has 1 N–H and O–H groups in total. The zero-order chi connectivity index (χ0) is 27.8. The van der Waals surface area contributed by atoms with Gasteiger partial charge in [0.15, 0.2) is 0 Å². The SMILES string of the molecule is CCCNC(=O)[C@H](Cc1ccccc1)N(Cc1cccc(C)c1)C(=O)CCCN1C(=O)c2ccccc2C1=O. The highest BCUT2D eigenvalue weighted by Gasteiger charge is 2.35. The smallest absolute Gasteiger partial charge is 0.261 e. The average Bonchev–Trinajstić information content (AvgIpc) is 3.19.